The Bertz CT molecular complexity index is 482. The predicted molar refractivity (Wildman–Crippen MR) is 56.5 cm³/mol. The maximum atomic E-state index is 12.6. The molecule has 1 fully saturated rings. The summed E-state index contributed by atoms with van der Waals surface area (Å²) in [5.41, 5.74) is -0.464. The van der Waals surface area contributed by atoms with Crippen LogP contribution in [0.2, 0.25) is 0 Å². The van der Waals surface area contributed by atoms with Crippen molar-refractivity contribution in [1.29, 1.82) is 0 Å². The number of alkyl halides is 3. The van der Waals surface area contributed by atoms with E-state index < -0.39 is 23.6 Å². The molecule has 0 aliphatic heterocycles. The monoisotopic (exact) mass is 260 g/mol. The number of carboxylic acid groups (broad SMARTS) is 1. The average Bonchev–Trinajstić information content (AvgIpc) is 3.06. The average molecular weight is 260 g/mol. The van der Waals surface area contributed by atoms with Crippen molar-refractivity contribution in [2.75, 3.05) is 7.11 Å². The Morgan fingerprint density at radius 3 is 2.56 bits per heavy atom. The van der Waals surface area contributed by atoms with Gasteiger partial charge in [-0.15, -0.1) is 0 Å². The number of hydrogen-bond donors (Lipinski definition) is 1. The summed E-state index contributed by atoms with van der Waals surface area (Å²) >= 11 is 0. The van der Waals surface area contributed by atoms with Crippen LogP contribution in [-0.4, -0.2) is 18.2 Å². The van der Waals surface area contributed by atoms with Crippen molar-refractivity contribution in [3.8, 4) is 5.75 Å². The molecule has 6 heteroatoms. The zero-order valence-corrected chi connectivity index (χ0v) is 9.49. The summed E-state index contributed by atoms with van der Waals surface area (Å²) in [4.78, 5) is 10.8. The van der Waals surface area contributed by atoms with Crippen LogP contribution in [0.4, 0.5) is 13.2 Å². The zero-order valence-electron chi connectivity index (χ0n) is 9.49. The minimum absolute atomic E-state index is 0.303. The highest BCUT2D eigenvalue weighted by Gasteiger charge is 2.46. The van der Waals surface area contributed by atoms with Crippen molar-refractivity contribution in [2.45, 2.75) is 18.5 Å². The van der Waals surface area contributed by atoms with Gasteiger partial charge in [0, 0.05) is 5.92 Å². The maximum absolute atomic E-state index is 12.6. The fraction of sp³-hybridized carbons (Fsp3) is 0.417. The first-order valence-corrected chi connectivity index (χ1v) is 5.32. The van der Waals surface area contributed by atoms with E-state index in [0.29, 0.717) is 17.7 Å². The minimum atomic E-state index is -4.44. The van der Waals surface area contributed by atoms with Gasteiger partial charge in [0.25, 0.3) is 0 Å². The van der Waals surface area contributed by atoms with Crippen LogP contribution in [0.5, 0.6) is 5.75 Å². The Labute approximate surface area is 101 Å². The van der Waals surface area contributed by atoms with E-state index >= 15 is 0 Å². The molecule has 18 heavy (non-hydrogen) atoms. The summed E-state index contributed by atoms with van der Waals surface area (Å²) in [6, 6.07) is 3.14. The Hall–Kier alpha value is -1.72. The molecule has 1 aliphatic carbocycles. The van der Waals surface area contributed by atoms with Gasteiger partial charge in [0.2, 0.25) is 0 Å². The quantitative estimate of drug-likeness (QED) is 0.908. The Morgan fingerprint density at radius 1 is 1.44 bits per heavy atom. The van der Waals surface area contributed by atoms with Crippen molar-refractivity contribution < 1.29 is 27.8 Å². The lowest BCUT2D eigenvalue weighted by Gasteiger charge is -2.12. The zero-order chi connectivity index (χ0) is 13.5. The van der Waals surface area contributed by atoms with Gasteiger partial charge in [-0.25, -0.2) is 0 Å². The normalized spacial score (nSPS) is 22.7. The van der Waals surface area contributed by atoms with Gasteiger partial charge >= 0.3 is 12.1 Å². The second kappa shape index (κ2) is 4.19. The van der Waals surface area contributed by atoms with Gasteiger partial charge in [0.1, 0.15) is 5.75 Å². The van der Waals surface area contributed by atoms with Crippen LogP contribution >= 0.6 is 0 Å². The third-order valence-electron chi connectivity index (χ3n) is 3.06. The lowest BCUT2D eigenvalue weighted by atomic mass is 10.0. The minimum Gasteiger partial charge on any atom is -0.496 e. The molecule has 0 saturated heterocycles. The molecule has 0 aromatic heterocycles. The Morgan fingerprint density at radius 2 is 2.11 bits per heavy atom. The van der Waals surface area contributed by atoms with Crippen LogP contribution in [0.15, 0.2) is 18.2 Å². The lowest BCUT2D eigenvalue weighted by molar-refractivity contribution is -0.138. The summed E-state index contributed by atoms with van der Waals surface area (Å²) in [5.74, 6) is -1.68. The predicted octanol–water partition coefficient (Wildman–Crippen LogP) is 2.90. The molecule has 2 atom stereocenters. The first-order valence-electron chi connectivity index (χ1n) is 5.32. The van der Waals surface area contributed by atoms with E-state index in [1.807, 2.05) is 0 Å². The van der Waals surface area contributed by atoms with Gasteiger partial charge in [-0.3, -0.25) is 4.79 Å². The van der Waals surface area contributed by atoms with Crippen molar-refractivity contribution in [2.24, 2.45) is 5.92 Å². The molecule has 1 saturated carbocycles. The number of ether oxygens (including phenoxy) is 1. The Kier molecular flexibility index (Phi) is 2.96. The molecule has 1 aromatic carbocycles. The van der Waals surface area contributed by atoms with Crippen molar-refractivity contribution in [3.63, 3.8) is 0 Å². The molecule has 0 radical (unpaired) electrons. The van der Waals surface area contributed by atoms with Gasteiger partial charge in [-0.05, 0) is 30.2 Å². The summed E-state index contributed by atoms with van der Waals surface area (Å²) < 4.78 is 42.7. The van der Waals surface area contributed by atoms with E-state index in [1.165, 1.54) is 13.2 Å². The summed E-state index contributed by atoms with van der Waals surface area (Å²) in [5, 5.41) is 8.81. The van der Waals surface area contributed by atoms with E-state index in [-0.39, 0.29) is 5.92 Å². The van der Waals surface area contributed by atoms with E-state index in [4.69, 9.17) is 9.84 Å². The van der Waals surface area contributed by atoms with Gasteiger partial charge in [-0.2, -0.15) is 13.2 Å². The molecule has 1 aromatic rings. The third-order valence-corrected chi connectivity index (χ3v) is 3.06. The number of carbonyl (C=O) groups is 1. The molecular formula is C12H11F3O3. The van der Waals surface area contributed by atoms with E-state index in [2.05, 4.69) is 0 Å². The van der Waals surface area contributed by atoms with Crippen LogP contribution < -0.4 is 4.74 Å². The highest BCUT2D eigenvalue weighted by Crippen LogP contribution is 2.51. The first-order chi connectivity index (χ1) is 8.34. The van der Waals surface area contributed by atoms with Crippen LogP contribution in [0.1, 0.15) is 23.5 Å². The van der Waals surface area contributed by atoms with Crippen LogP contribution in [0.3, 0.4) is 0 Å². The Balaban J connectivity index is 2.36. The number of carboxylic acids is 1. The van der Waals surface area contributed by atoms with Gasteiger partial charge in [0.15, 0.2) is 0 Å². The van der Waals surface area contributed by atoms with Crippen LogP contribution in [-0.2, 0) is 11.0 Å². The van der Waals surface area contributed by atoms with E-state index in [1.54, 1.807) is 0 Å². The topological polar surface area (TPSA) is 46.5 Å². The summed E-state index contributed by atoms with van der Waals surface area (Å²) in [6.07, 6.45) is -4.08. The van der Waals surface area contributed by atoms with Crippen molar-refractivity contribution in [3.05, 3.63) is 29.3 Å². The number of halogens is 3. The molecule has 2 rings (SSSR count). The van der Waals surface area contributed by atoms with Gasteiger partial charge in [-0.1, -0.05) is 0 Å². The van der Waals surface area contributed by atoms with Gasteiger partial charge in [0.05, 0.1) is 18.6 Å². The molecular weight excluding hydrogens is 249 g/mol. The van der Waals surface area contributed by atoms with Crippen molar-refractivity contribution in [1.82, 2.24) is 0 Å². The van der Waals surface area contributed by atoms with E-state index in [0.717, 1.165) is 12.1 Å². The first kappa shape index (κ1) is 12.7. The van der Waals surface area contributed by atoms with Gasteiger partial charge < -0.3 is 9.84 Å². The SMILES string of the molecule is COc1ccc(C(F)(F)F)cc1C1CC1C(=O)O. The smallest absolute Gasteiger partial charge is 0.416 e. The number of methoxy groups -OCH3 is 1. The highest BCUT2D eigenvalue weighted by atomic mass is 19.4. The standard InChI is InChI=1S/C12H11F3O3/c1-18-10-3-2-6(12(13,14)15)4-8(10)7-5-9(7)11(16)17/h2-4,7,9H,5H2,1H3,(H,16,17). The molecule has 0 bridgehead atoms. The molecule has 2 unspecified atom stereocenters. The number of hydrogen-bond acceptors (Lipinski definition) is 2. The second-order valence-corrected chi connectivity index (χ2v) is 4.24. The molecule has 0 spiro atoms. The fourth-order valence-corrected chi connectivity index (χ4v) is 2.01. The van der Waals surface area contributed by atoms with E-state index in [9.17, 15) is 18.0 Å². The van der Waals surface area contributed by atoms with Crippen molar-refractivity contribution >= 4 is 5.97 Å². The molecule has 0 amide bonds. The number of aliphatic carboxylic acids is 1. The highest BCUT2D eigenvalue weighted by molar-refractivity contribution is 5.75. The number of benzene rings is 1. The molecule has 0 heterocycles. The van der Waals surface area contributed by atoms with Crippen LogP contribution in [0, 0.1) is 5.92 Å². The summed E-state index contributed by atoms with van der Waals surface area (Å²) in [6.45, 7) is 0. The van der Waals surface area contributed by atoms with Crippen LogP contribution in [0.25, 0.3) is 0 Å². The summed E-state index contributed by atoms with van der Waals surface area (Å²) in [7, 11) is 1.35. The lowest BCUT2D eigenvalue weighted by Crippen LogP contribution is -2.07. The molecule has 1 N–H and O–H groups in total. The second-order valence-electron chi connectivity index (χ2n) is 4.24. The fourth-order valence-electron chi connectivity index (χ4n) is 2.01. The number of rotatable bonds is 3. The maximum Gasteiger partial charge on any atom is 0.416 e. The molecule has 3 nitrogen and oxygen atoms in total. The largest absolute Gasteiger partial charge is 0.496 e. The molecule has 1 aliphatic rings. The third kappa shape index (κ3) is 2.27. The molecule has 98 valence electrons.